The van der Waals surface area contributed by atoms with Crippen molar-refractivity contribution >= 4 is 0 Å². The molecule has 1 aromatic rings. The van der Waals surface area contributed by atoms with Crippen molar-refractivity contribution in [3.05, 3.63) is 18.2 Å². The van der Waals surface area contributed by atoms with Gasteiger partial charge in [-0.2, -0.15) is 0 Å². The molecule has 3 N–H and O–H groups in total. The van der Waals surface area contributed by atoms with E-state index in [1.54, 1.807) is 12.5 Å². The molecular weight excluding hydrogens is 206 g/mol. The van der Waals surface area contributed by atoms with Gasteiger partial charge in [-0.25, -0.2) is 4.98 Å². The lowest BCUT2D eigenvalue weighted by atomic mass is 10.2. The SMILES string of the molecule is CC(C)COCCn1cncc1C(N)CO. The van der Waals surface area contributed by atoms with E-state index in [4.69, 9.17) is 15.6 Å². The maximum Gasteiger partial charge on any atom is 0.0949 e. The van der Waals surface area contributed by atoms with Gasteiger partial charge in [-0.1, -0.05) is 13.8 Å². The van der Waals surface area contributed by atoms with Crippen LogP contribution in [0.15, 0.2) is 12.5 Å². The van der Waals surface area contributed by atoms with Gasteiger partial charge in [-0.15, -0.1) is 0 Å². The van der Waals surface area contributed by atoms with Gasteiger partial charge in [0.2, 0.25) is 0 Å². The van der Waals surface area contributed by atoms with E-state index in [1.807, 2.05) is 4.57 Å². The van der Waals surface area contributed by atoms with Crippen LogP contribution < -0.4 is 5.73 Å². The second kappa shape index (κ2) is 6.62. The molecule has 0 radical (unpaired) electrons. The van der Waals surface area contributed by atoms with Gasteiger partial charge in [-0.3, -0.25) is 0 Å². The molecule has 0 aliphatic carbocycles. The van der Waals surface area contributed by atoms with Crippen LogP contribution >= 0.6 is 0 Å². The Hall–Kier alpha value is -0.910. The second-order valence-corrected chi connectivity index (χ2v) is 4.27. The Morgan fingerprint density at radius 3 is 2.94 bits per heavy atom. The fourth-order valence-electron chi connectivity index (χ4n) is 1.40. The first-order valence-electron chi connectivity index (χ1n) is 5.59. The van der Waals surface area contributed by atoms with Crippen molar-refractivity contribution in [2.75, 3.05) is 19.8 Å². The number of nitrogens with two attached hydrogens (primary N) is 1. The summed E-state index contributed by atoms with van der Waals surface area (Å²) in [7, 11) is 0. The molecular formula is C11H21N3O2. The predicted octanol–water partition coefficient (Wildman–Crippen LogP) is 0.548. The van der Waals surface area contributed by atoms with E-state index in [0.717, 1.165) is 18.8 Å². The van der Waals surface area contributed by atoms with Crippen LogP contribution in [0, 0.1) is 5.92 Å². The van der Waals surface area contributed by atoms with Crippen LogP contribution in [0.2, 0.25) is 0 Å². The van der Waals surface area contributed by atoms with E-state index in [0.29, 0.717) is 12.5 Å². The van der Waals surface area contributed by atoms with Crippen molar-refractivity contribution in [1.29, 1.82) is 0 Å². The molecule has 1 aromatic heterocycles. The molecule has 0 amide bonds. The van der Waals surface area contributed by atoms with Crippen molar-refractivity contribution in [3.8, 4) is 0 Å². The summed E-state index contributed by atoms with van der Waals surface area (Å²) < 4.78 is 7.40. The summed E-state index contributed by atoms with van der Waals surface area (Å²) in [5.41, 5.74) is 6.58. The number of aromatic nitrogens is 2. The lowest BCUT2D eigenvalue weighted by Crippen LogP contribution is -2.20. The van der Waals surface area contributed by atoms with Gasteiger partial charge in [-0.05, 0) is 5.92 Å². The summed E-state index contributed by atoms with van der Waals surface area (Å²) in [4.78, 5) is 4.02. The number of hydrogen-bond acceptors (Lipinski definition) is 4. The van der Waals surface area contributed by atoms with Crippen LogP contribution in [-0.2, 0) is 11.3 Å². The van der Waals surface area contributed by atoms with E-state index in [-0.39, 0.29) is 12.6 Å². The first kappa shape index (κ1) is 13.2. The minimum atomic E-state index is -0.368. The van der Waals surface area contributed by atoms with E-state index in [9.17, 15) is 0 Å². The zero-order chi connectivity index (χ0) is 12.0. The number of nitrogens with zero attached hydrogens (tertiary/aromatic N) is 2. The van der Waals surface area contributed by atoms with Crippen LogP contribution in [0.1, 0.15) is 25.6 Å². The van der Waals surface area contributed by atoms with Gasteiger partial charge >= 0.3 is 0 Å². The van der Waals surface area contributed by atoms with Gasteiger partial charge in [0, 0.05) is 19.3 Å². The largest absolute Gasteiger partial charge is 0.394 e. The van der Waals surface area contributed by atoms with Crippen LogP contribution in [0.3, 0.4) is 0 Å². The highest BCUT2D eigenvalue weighted by atomic mass is 16.5. The molecule has 92 valence electrons. The highest BCUT2D eigenvalue weighted by Crippen LogP contribution is 2.08. The van der Waals surface area contributed by atoms with E-state index >= 15 is 0 Å². The number of aliphatic hydroxyl groups is 1. The smallest absolute Gasteiger partial charge is 0.0949 e. The molecule has 16 heavy (non-hydrogen) atoms. The number of aliphatic hydroxyl groups excluding tert-OH is 1. The lowest BCUT2D eigenvalue weighted by Gasteiger charge is -2.13. The maximum absolute atomic E-state index is 8.98. The maximum atomic E-state index is 8.98. The average Bonchev–Trinajstić information content (AvgIpc) is 2.71. The van der Waals surface area contributed by atoms with Crippen molar-refractivity contribution in [1.82, 2.24) is 9.55 Å². The first-order chi connectivity index (χ1) is 7.65. The molecule has 0 saturated heterocycles. The zero-order valence-electron chi connectivity index (χ0n) is 9.97. The van der Waals surface area contributed by atoms with Crippen molar-refractivity contribution in [2.24, 2.45) is 11.7 Å². The normalized spacial score (nSPS) is 13.3. The van der Waals surface area contributed by atoms with Gasteiger partial charge in [0.15, 0.2) is 0 Å². The quantitative estimate of drug-likeness (QED) is 0.667. The highest BCUT2D eigenvalue weighted by molar-refractivity contribution is 5.04. The Bertz CT molecular complexity index is 299. The van der Waals surface area contributed by atoms with E-state index in [2.05, 4.69) is 18.8 Å². The Kier molecular flexibility index (Phi) is 5.45. The topological polar surface area (TPSA) is 73.3 Å². The third-order valence-corrected chi connectivity index (χ3v) is 2.25. The summed E-state index contributed by atoms with van der Waals surface area (Å²) in [6, 6.07) is -0.368. The molecule has 5 heteroatoms. The van der Waals surface area contributed by atoms with Crippen LogP contribution in [0.25, 0.3) is 0 Å². The van der Waals surface area contributed by atoms with E-state index in [1.165, 1.54) is 0 Å². The molecule has 0 bridgehead atoms. The van der Waals surface area contributed by atoms with Gasteiger partial charge in [0.25, 0.3) is 0 Å². The molecule has 0 spiro atoms. The van der Waals surface area contributed by atoms with Crippen molar-refractivity contribution < 1.29 is 9.84 Å². The molecule has 1 atom stereocenters. The average molecular weight is 227 g/mol. The molecule has 1 heterocycles. The van der Waals surface area contributed by atoms with Crippen LogP contribution in [-0.4, -0.2) is 34.5 Å². The minimum Gasteiger partial charge on any atom is -0.394 e. The first-order valence-corrected chi connectivity index (χ1v) is 5.59. The van der Waals surface area contributed by atoms with Crippen LogP contribution in [0.5, 0.6) is 0 Å². The van der Waals surface area contributed by atoms with Crippen molar-refractivity contribution in [3.63, 3.8) is 0 Å². The minimum absolute atomic E-state index is 0.0709. The lowest BCUT2D eigenvalue weighted by molar-refractivity contribution is 0.102. The van der Waals surface area contributed by atoms with Gasteiger partial charge < -0.3 is 20.1 Å². The van der Waals surface area contributed by atoms with Gasteiger partial charge in [0.05, 0.1) is 31.3 Å². The number of rotatable bonds is 7. The zero-order valence-corrected chi connectivity index (χ0v) is 9.97. The molecule has 1 rings (SSSR count). The second-order valence-electron chi connectivity index (χ2n) is 4.27. The molecule has 0 fully saturated rings. The highest BCUT2D eigenvalue weighted by Gasteiger charge is 2.09. The number of hydrogen-bond donors (Lipinski definition) is 2. The molecule has 1 unspecified atom stereocenters. The third-order valence-electron chi connectivity index (χ3n) is 2.25. The van der Waals surface area contributed by atoms with Crippen LogP contribution in [0.4, 0.5) is 0 Å². The monoisotopic (exact) mass is 227 g/mol. The predicted molar refractivity (Wildman–Crippen MR) is 61.9 cm³/mol. The Morgan fingerprint density at radius 1 is 1.56 bits per heavy atom. The summed E-state index contributed by atoms with van der Waals surface area (Å²) in [6.45, 7) is 6.28. The summed E-state index contributed by atoms with van der Waals surface area (Å²) in [5.74, 6) is 0.543. The standard InChI is InChI=1S/C11H21N3O2/c1-9(2)7-16-4-3-14-8-13-5-11(14)10(12)6-15/h5,8-10,15H,3-4,6-7,12H2,1-2H3. The molecule has 0 aliphatic rings. The third kappa shape index (κ3) is 3.92. The number of imidazole rings is 1. The fourth-order valence-corrected chi connectivity index (χ4v) is 1.40. The summed E-state index contributed by atoms with van der Waals surface area (Å²) >= 11 is 0. The Morgan fingerprint density at radius 2 is 2.31 bits per heavy atom. The summed E-state index contributed by atoms with van der Waals surface area (Å²) in [5, 5.41) is 8.98. The molecule has 0 aromatic carbocycles. The molecule has 0 aliphatic heterocycles. The molecule has 5 nitrogen and oxygen atoms in total. The van der Waals surface area contributed by atoms with E-state index < -0.39 is 0 Å². The van der Waals surface area contributed by atoms with Crippen molar-refractivity contribution in [2.45, 2.75) is 26.4 Å². The Labute approximate surface area is 96.2 Å². The molecule has 0 saturated carbocycles. The summed E-state index contributed by atoms with van der Waals surface area (Å²) in [6.07, 6.45) is 3.40. The van der Waals surface area contributed by atoms with Gasteiger partial charge in [0.1, 0.15) is 0 Å². The number of ether oxygens (including phenoxy) is 1. The Balaban J connectivity index is 2.39. The fraction of sp³-hybridized carbons (Fsp3) is 0.727.